The average molecular weight is 246 g/mol. The monoisotopic (exact) mass is 246 g/mol. The van der Waals surface area contributed by atoms with Crippen molar-refractivity contribution in [3.63, 3.8) is 0 Å². The fraction of sp³-hybridized carbons (Fsp3) is 0.636. The Labute approximate surface area is 102 Å². The molecular weight excluding hydrogens is 224 g/mol. The lowest BCUT2D eigenvalue weighted by Gasteiger charge is -1.92. The Morgan fingerprint density at radius 1 is 0.824 bits per heavy atom. The first kappa shape index (κ1) is 20.7. The zero-order valence-electron chi connectivity index (χ0n) is 10.0. The van der Waals surface area contributed by atoms with Crippen molar-refractivity contribution in [3.05, 3.63) is 0 Å². The van der Waals surface area contributed by atoms with Crippen LogP contribution in [-0.4, -0.2) is 33.4 Å². The van der Waals surface area contributed by atoms with Crippen LogP contribution in [0, 0.1) is 0 Å². The number of carbonyl (C=O) groups is 2. The molecule has 0 aliphatic rings. The Morgan fingerprint density at radius 3 is 1.24 bits per heavy atom. The number of carbonyl (C=O) groups excluding carboxylic acids is 2. The topological polar surface area (TPSA) is 99.3 Å². The molecular formula is C11H22N2O4. The molecule has 0 aromatic carbocycles. The molecule has 0 unspecified atom stereocenters. The minimum atomic E-state index is -0.0625. The molecule has 0 aliphatic heterocycles. The molecule has 0 atom stereocenters. The molecule has 0 aliphatic carbocycles. The highest BCUT2D eigenvalue weighted by Gasteiger charge is 1.95. The van der Waals surface area contributed by atoms with Gasteiger partial charge in [-0.2, -0.15) is 0 Å². The minimum absolute atomic E-state index is 0. The molecule has 0 aromatic rings. The predicted octanol–water partition coefficient (Wildman–Crippen LogP) is 2.27. The Bertz CT molecular complexity index is 268. The highest BCUT2D eigenvalue weighted by molar-refractivity contribution is 6.01. The van der Waals surface area contributed by atoms with Crippen molar-refractivity contribution in [2.45, 2.75) is 48.0 Å². The van der Waals surface area contributed by atoms with Crippen molar-refractivity contribution in [2.24, 2.45) is 10.3 Å². The predicted molar refractivity (Wildman–Crippen MR) is 67.1 cm³/mol. The summed E-state index contributed by atoms with van der Waals surface area (Å²) in [5.74, 6) is -0.125. The molecule has 0 amide bonds. The summed E-state index contributed by atoms with van der Waals surface area (Å²) < 4.78 is 0. The van der Waals surface area contributed by atoms with E-state index in [4.69, 9.17) is 10.4 Å². The van der Waals surface area contributed by atoms with E-state index < -0.39 is 0 Å². The van der Waals surface area contributed by atoms with E-state index in [-0.39, 0.29) is 25.4 Å². The highest BCUT2D eigenvalue weighted by Crippen LogP contribution is 1.87. The number of oxime groups is 2. The maximum atomic E-state index is 10.0. The first-order valence-corrected chi connectivity index (χ1v) is 4.67. The molecule has 0 heterocycles. The fourth-order valence-electron chi connectivity index (χ4n) is 0.792. The highest BCUT2D eigenvalue weighted by atomic mass is 16.4. The van der Waals surface area contributed by atoms with E-state index in [2.05, 4.69) is 10.3 Å². The van der Waals surface area contributed by atoms with Crippen LogP contribution in [0.2, 0.25) is 0 Å². The van der Waals surface area contributed by atoms with Crippen LogP contribution in [0.3, 0.4) is 0 Å². The lowest BCUT2D eigenvalue weighted by molar-refractivity contribution is -0.124. The van der Waals surface area contributed by atoms with E-state index in [9.17, 15) is 9.59 Å². The van der Waals surface area contributed by atoms with Gasteiger partial charge in [0.15, 0.2) is 0 Å². The normalized spacial score (nSPS) is 10.8. The molecule has 17 heavy (non-hydrogen) atoms. The molecule has 0 rings (SSSR count). The summed E-state index contributed by atoms with van der Waals surface area (Å²) in [6.07, 6.45) is 0.493. The van der Waals surface area contributed by atoms with Crippen LogP contribution in [0.5, 0.6) is 0 Å². The maximum absolute atomic E-state index is 10.0. The molecule has 0 aromatic heterocycles. The summed E-state index contributed by atoms with van der Waals surface area (Å²) in [6.45, 7) is 6.10. The van der Waals surface area contributed by atoms with Crippen LogP contribution in [0.25, 0.3) is 0 Å². The van der Waals surface area contributed by atoms with Gasteiger partial charge in [0.25, 0.3) is 0 Å². The van der Waals surface area contributed by atoms with E-state index in [0.717, 1.165) is 0 Å². The van der Waals surface area contributed by atoms with Gasteiger partial charge in [-0.15, -0.1) is 0 Å². The SMILES string of the molecule is C.C/C(C/C(C)=N/O)=N\O.CC(=O)CC(C)=O. The number of hydrogen-bond acceptors (Lipinski definition) is 6. The van der Waals surface area contributed by atoms with E-state index in [0.29, 0.717) is 17.8 Å². The number of rotatable bonds is 4. The fourth-order valence-corrected chi connectivity index (χ4v) is 0.792. The molecule has 0 saturated heterocycles. The molecule has 0 radical (unpaired) electrons. The van der Waals surface area contributed by atoms with E-state index in [1.165, 1.54) is 13.8 Å². The van der Waals surface area contributed by atoms with Gasteiger partial charge in [0.05, 0.1) is 17.8 Å². The summed E-state index contributed by atoms with van der Waals surface area (Å²) in [5.41, 5.74) is 1.07. The Kier molecular flexibility index (Phi) is 15.0. The lowest BCUT2D eigenvalue weighted by Crippen LogP contribution is -1.99. The van der Waals surface area contributed by atoms with Gasteiger partial charge in [0.2, 0.25) is 0 Å². The Balaban J connectivity index is -0.000000224. The summed E-state index contributed by atoms with van der Waals surface area (Å²) in [7, 11) is 0. The van der Waals surface area contributed by atoms with Crippen molar-refractivity contribution in [1.82, 2.24) is 0 Å². The minimum Gasteiger partial charge on any atom is -0.411 e. The second-order valence-corrected chi connectivity index (χ2v) is 3.43. The summed E-state index contributed by atoms with van der Waals surface area (Å²) >= 11 is 0. The molecule has 6 nitrogen and oxygen atoms in total. The Hall–Kier alpha value is -1.72. The Morgan fingerprint density at radius 2 is 1.12 bits per heavy atom. The number of hydrogen-bond donors (Lipinski definition) is 2. The van der Waals surface area contributed by atoms with Crippen molar-refractivity contribution in [3.8, 4) is 0 Å². The third-order valence-electron chi connectivity index (χ3n) is 1.35. The molecule has 0 bridgehead atoms. The van der Waals surface area contributed by atoms with Gasteiger partial charge in [-0.05, 0) is 27.7 Å². The van der Waals surface area contributed by atoms with Gasteiger partial charge in [-0.25, -0.2) is 0 Å². The average Bonchev–Trinajstić information content (AvgIpc) is 2.16. The zero-order valence-corrected chi connectivity index (χ0v) is 10.0. The van der Waals surface area contributed by atoms with Gasteiger partial charge in [0, 0.05) is 6.42 Å². The van der Waals surface area contributed by atoms with Crippen molar-refractivity contribution in [1.29, 1.82) is 0 Å². The van der Waals surface area contributed by atoms with Crippen LogP contribution < -0.4 is 0 Å². The third kappa shape index (κ3) is 20.4. The van der Waals surface area contributed by atoms with Crippen LogP contribution >= 0.6 is 0 Å². The molecule has 0 saturated carbocycles. The van der Waals surface area contributed by atoms with Gasteiger partial charge in [-0.1, -0.05) is 17.7 Å². The third-order valence-corrected chi connectivity index (χ3v) is 1.35. The first-order chi connectivity index (χ1) is 7.33. The van der Waals surface area contributed by atoms with Crippen LogP contribution in [0.4, 0.5) is 0 Å². The maximum Gasteiger partial charge on any atom is 0.137 e. The second-order valence-electron chi connectivity index (χ2n) is 3.43. The quantitative estimate of drug-likeness (QED) is 0.344. The van der Waals surface area contributed by atoms with Gasteiger partial charge < -0.3 is 10.4 Å². The number of Topliss-reactive ketones (excluding diaryl/α,β-unsaturated/α-hetero) is 2. The van der Waals surface area contributed by atoms with Gasteiger partial charge in [-0.3, -0.25) is 9.59 Å². The largest absolute Gasteiger partial charge is 0.411 e. The molecule has 0 spiro atoms. The zero-order chi connectivity index (χ0) is 13.1. The molecule has 2 N–H and O–H groups in total. The second kappa shape index (κ2) is 12.4. The van der Waals surface area contributed by atoms with Gasteiger partial charge >= 0.3 is 0 Å². The van der Waals surface area contributed by atoms with E-state index in [1.807, 2.05) is 0 Å². The van der Waals surface area contributed by atoms with Crippen molar-refractivity contribution < 1.29 is 20.0 Å². The summed E-state index contributed by atoms with van der Waals surface area (Å²) in [5, 5.41) is 22.1. The van der Waals surface area contributed by atoms with Crippen LogP contribution in [-0.2, 0) is 9.59 Å². The molecule has 100 valence electrons. The van der Waals surface area contributed by atoms with E-state index >= 15 is 0 Å². The first-order valence-electron chi connectivity index (χ1n) is 4.67. The summed E-state index contributed by atoms with van der Waals surface area (Å²) in [4.78, 5) is 20.1. The smallest absolute Gasteiger partial charge is 0.137 e. The van der Waals surface area contributed by atoms with Crippen molar-refractivity contribution >= 4 is 23.0 Å². The number of nitrogens with zero attached hydrogens (tertiary/aromatic N) is 2. The van der Waals surface area contributed by atoms with E-state index in [1.54, 1.807) is 13.8 Å². The number of ketones is 2. The molecule has 0 fully saturated rings. The lowest BCUT2D eigenvalue weighted by atomic mass is 10.2. The van der Waals surface area contributed by atoms with Crippen molar-refractivity contribution in [2.75, 3.05) is 0 Å². The van der Waals surface area contributed by atoms with Crippen LogP contribution in [0.1, 0.15) is 48.0 Å². The van der Waals surface area contributed by atoms with Gasteiger partial charge in [0.1, 0.15) is 11.6 Å². The van der Waals surface area contributed by atoms with Crippen LogP contribution in [0.15, 0.2) is 10.3 Å². The standard InChI is InChI=1S/C5H10N2O2.C5H8O2.CH4/c1-4(6-8)3-5(2)7-9;1-4(6)3-5(2)7;/h8-9H,3H2,1-2H3;3H2,1-2H3;1H4/b6-4+,7-5+;;. The summed E-state index contributed by atoms with van der Waals surface area (Å²) in [6, 6.07) is 0. The molecule has 6 heteroatoms.